The number of alkyl halides is 2. The Morgan fingerprint density at radius 2 is 1.96 bits per heavy atom. The number of rotatable bonds is 3. The van der Waals surface area contributed by atoms with Gasteiger partial charge in [-0.15, -0.1) is 0 Å². The molecule has 1 amide bonds. The van der Waals surface area contributed by atoms with Crippen molar-refractivity contribution in [3.63, 3.8) is 0 Å². The summed E-state index contributed by atoms with van der Waals surface area (Å²) >= 11 is 0. The molecule has 0 saturated heterocycles. The molecule has 0 fully saturated rings. The van der Waals surface area contributed by atoms with Gasteiger partial charge in [-0.3, -0.25) is 4.79 Å². The van der Waals surface area contributed by atoms with Gasteiger partial charge in [-0.2, -0.15) is 0 Å². The van der Waals surface area contributed by atoms with Gasteiger partial charge in [-0.05, 0) is 30.2 Å². The smallest absolute Gasteiger partial charge is 0.263 e. The second-order valence-corrected chi connectivity index (χ2v) is 5.52. The first kappa shape index (κ1) is 15.6. The Hall–Kier alpha value is -2.34. The van der Waals surface area contributed by atoms with E-state index >= 15 is 0 Å². The summed E-state index contributed by atoms with van der Waals surface area (Å²) in [5.74, 6) is -0.968. The Morgan fingerprint density at radius 3 is 2.70 bits per heavy atom. The van der Waals surface area contributed by atoms with E-state index < -0.39 is 18.3 Å². The maximum Gasteiger partial charge on any atom is 0.263 e. The molecule has 6 heteroatoms. The van der Waals surface area contributed by atoms with Gasteiger partial charge in [0, 0.05) is 16.8 Å². The quantitative estimate of drug-likeness (QED) is 0.944. The molecule has 0 spiro atoms. The molecular formula is C17H15F3N2O. The Balaban J connectivity index is 1.99. The van der Waals surface area contributed by atoms with Gasteiger partial charge in [0.1, 0.15) is 5.82 Å². The van der Waals surface area contributed by atoms with E-state index in [1.165, 1.54) is 4.90 Å². The molecule has 3 nitrogen and oxygen atoms in total. The van der Waals surface area contributed by atoms with Crippen LogP contribution in [0.15, 0.2) is 42.5 Å². The molecule has 3 rings (SSSR count). The number of fused-ring (bicyclic) bond motifs is 1. The van der Waals surface area contributed by atoms with Crippen LogP contribution in [0.4, 0.5) is 18.9 Å². The summed E-state index contributed by atoms with van der Waals surface area (Å²) in [6.45, 7) is -0.129. The van der Waals surface area contributed by atoms with E-state index in [1.807, 2.05) is 12.1 Å². The zero-order valence-electron chi connectivity index (χ0n) is 12.2. The molecule has 1 aliphatic rings. The predicted molar refractivity (Wildman–Crippen MR) is 80.7 cm³/mol. The number of carbonyl (C=O) groups is 1. The van der Waals surface area contributed by atoms with Crippen molar-refractivity contribution in [2.24, 2.45) is 5.73 Å². The molecule has 23 heavy (non-hydrogen) atoms. The van der Waals surface area contributed by atoms with Crippen LogP contribution in [0, 0.1) is 5.82 Å². The minimum absolute atomic E-state index is 0.0417. The molecule has 0 bridgehead atoms. The highest BCUT2D eigenvalue weighted by molar-refractivity contribution is 6.00. The van der Waals surface area contributed by atoms with Crippen LogP contribution < -0.4 is 10.6 Å². The Morgan fingerprint density at radius 1 is 1.22 bits per heavy atom. The van der Waals surface area contributed by atoms with Crippen molar-refractivity contribution in [1.29, 1.82) is 0 Å². The highest BCUT2D eigenvalue weighted by atomic mass is 19.3. The van der Waals surface area contributed by atoms with Crippen LogP contribution in [-0.4, -0.2) is 11.9 Å². The first-order valence-electron chi connectivity index (χ1n) is 7.18. The van der Waals surface area contributed by atoms with E-state index in [-0.39, 0.29) is 23.6 Å². The number of halogens is 3. The average molecular weight is 320 g/mol. The zero-order chi connectivity index (χ0) is 16.6. The third kappa shape index (κ3) is 2.94. The molecule has 0 unspecified atom stereocenters. The summed E-state index contributed by atoms with van der Waals surface area (Å²) in [6.07, 6.45) is -2.29. The maximum absolute atomic E-state index is 14.0. The predicted octanol–water partition coefficient (Wildman–Crippen LogP) is 3.18. The van der Waals surface area contributed by atoms with Gasteiger partial charge in [0.25, 0.3) is 6.43 Å². The van der Waals surface area contributed by atoms with Gasteiger partial charge < -0.3 is 10.6 Å². The lowest BCUT2D eigenvalue weighted by molar-refractivity contribution is -0.120. The molecule has 120 valence electrons. The van der Waals surface area contributed by atoms with Crippen LogP contribution in [0.1, 0.15) is 23.1 Å². The summed E-state index contributed by atoms with van der Waals surface area (Å²) in [7, 11) is 0. The standard InChI is InChI=1S/C17H15F3N2O/c18-13-6-5-11(16(19)20)7-12(13)9-22-15-4-2-1-3-10(15)8-14(21)17(22)23/h1-7,14,16H,8-9,21H2/t14-/m1/s1. The summed E-state index contributed by atoms with van der Waals surface area (Å²) in [5.41, 5.74) is 7.14. The Bertz CT molecular complexity index is 748. The van der Waals surface area contributed by atoms with E-state index in [1.54, 1.807) is 12.1 Å². The van der Waals surface area contributed by atoms with Crippen molar-refractivity contribution < 1.29 is 18.0 Å². The molecule has 0 radical (unpaired) electrons. The molecule has 2 aromatic carbocycles. The number of carbonyl (C=O) groups excluding carboxylic acids is 1. The van der Waals surface area contributed by atoms with E-state index in [0.29, 0.717) is 12.1 Å². The minimum atomic E-state index is -2.69. The normalized spacial score (nSPS) is 17.5. The van der Waals surface area contributed by atoms with Gasteiger partial charge in [0.2, 0.25) is 5.91 Å². The third-order valence-electron chi connectivity index (χ3n) is 3.96. The van der Waals surface area contributed by atoms with Crippen molar-refractivity contribution >= 4 is 11.6 Å². The van der Waals surface area contributed by atoms with Crippen LogP contribution in [0.25, 0.3) is 0 Å². The third-order valence-corrected chi connectivity index (χ3v) is 3.96. The van der Waals surface area contributed by atoms with Gasteiger partial charge in [-0.25, -0.2) is 13.2 Å². The van der Waals surface area contributed by atoms with Gasteiger partial charge in [0.05, 0.1) is 12.6 Å². The Labute approximate surface area is 131 Å². The number of hydrogen-bond donors (Lipinski definition) is 1. The molecule has 2 N–H and O–H groups in total. The topological polar surface area (TPSA) is 46.3 Å². The molecular weight excluding hydrogens is 305 g/mol. The lowest BCUT2D eigenvalue weighted by Crippen LogP contribution is -2.48. The second kappa shape index (κ2) is 6.04. The van der Waals surface area contributed by atoms with Crippen molar-refractivity contribution in [2.45, 2.75) is 25.4 Å². The van der Waals surface area contributed by atoms with E-state index in [9.17, 15) is 18.0 Å². The fourth-order valence-electron chi connectivity index (χ4n) is 2.77. The summed E-state index contributed by atoms with van der Waals surface area (Å²) in [4.78, 5) is 13.7. The molecule has 0 saturated carbocycles. The van der Waals surface area contributed by atoms with Crippen molar-refractivity contribution in [3.8, 4) is 0 Å². The molecule has 1 aliphatic heterocycles. The molecule has 2 aromatic rings. The summed E-state index contributed by atoms with van der Waals surface area (Å²) in [5, 5.41) is 0. The van der Waals surface area contributed by atoms with Gasteiger partial charge in [0.15, 0.2) is 0 Å². The number of anilines is 1. The number of nitrogens with two attached hydrogens (primary N) is 1. The first-order valence-corrected chi connectivity index (χ1v) is 7.18. The number of para-hydroxylation sites is 1. The Kier molecular flexibility index (Phi) is 4.09. The van der Waals surface area contributed by atoms with Crippen LogP contribution in [-0.2, 0) is 17.8 Å². The zero-order valence-corrected chi connectivity index (χ0v) is 12.2. The maximum atomic E-state index is 14.0. The fourth-order valence-corrected chi connectivity index (χ4v) is 2.77. The van der Waals surface area contributed by atoms with Crippen LogP contribution in [0.2, 0.25) is 0 Å². The summed E-state index contributed by atoms with van der Waals surface area (Å²) in [6, 6.07) is 9.61. The molecule has 1 atom stereocenters. The highest BCUT2D eigenvalue weighted by Crippen LogP contribution is 2.30. The van der Waals surface area contributed by atoms with Crippen LogP contribution in [0.5, 0.6) is 0 Å². The highest BCUT2D eigenvalue weighted by Gasteiger charge is 2.30. The molecule has 0 aliphatic carbocycles. The van der Waals surface area contributed by atoms with Crippen molar-refractivity contribution in [2.75, 3.05) is 4.90 Å². The van der Waals surface area contributed by atoms with E-state index in [0.717, 1.165) is 23.8 Å². The number of hydrogen-bond acceptors (Lipinski definition) is 2. The summed E-state index contributed by atoms with van der Waals surface area (Å²) < 4.78 is 39.6. The van der Waals surface area contributed by atoms with E-state index in [2.05, 4.69) is 0 Å². The second-order valence-electron chi connectivity index (χ2n) is 5.52. The lowest BCUT2D eigenvalue weighted by Gasteiger charge is -2.32. The van der Waals surface area contributed by atoms with Crippen LogP contribution >= 0.6 is 0 Å². The first-order chi connectivity index (χ1) is 11.0. The van der Waals surface area contributed by atoms with Gasteiger partial charge in [-0.1, -0.05) is 24.3 Å². The molecule has 0 aromatic heterocycles. The van der Waals surface area contributed by atoms with Gasteiger partial charge >= 0.3 is 0 Å². The van der Waals surface area contributed by atoms with Crippen molar-refractivity contribution in [1.82, 2.24) is 0 Å². The lowest BCUT2D eigenvalue weighted by atomic mass is 9.97. The number of benzene rings is 2. The molecule has 1 heterocycles. The number of nitrogens with zero attached hydrogens (tertiary/aromatic N) is 1. The fraction of sp³-hybridized carbons (Fsp3) is 0.235. The van der Waals surface area contributed by atoms with Crippen molar-refractivity contribution in [3.05, 3.63) is 65.0 Å². The average Bonchev–Trinajstić information content (AvgIpc) is 2.53. The number of amides is 1. The monoisotopic (exact) mass is 320 g/mol. The van der Waals surface area contributed by atoms with Crippen LogP contribution in [0.3, 0.4) is 0 Å². The SMILES string of the molecule is N[C@@H]1Cc2ccccc2N(Cc2cc(C(F)F)ccc2F)C1=O. The largest absolute Gasteiger partial charge is 0.320 e. The van der Waals surface area contributed by atoms with E-state index in [4.69, 9.17) is 5.73 Å². The minimum Gasteiger partial charge on any atom is -0.320 e.